The maximum atomic E-state index is 5.59. The van der Waals surface area contributed by atoms with Crippen molar-refractivity contribution in [1.29, 1.82) is 0 Å². The predicted molar refractivity (Wildman–Crippen MR) is 70.5 cm³/mol. The maximum absolute atomic E-state index is 5.59. The van der Waals surface area contributed by atoms with Crippen LogP contribution in [0.5, 0.6) is 0 Å². The average Bonchev–Trinajstić information content (AvgIpc) is 2.97. The monoisotopic (exact) mass is 242 g/mol. The Hall–Kier alpha value is -0.420. The predicted octanol–water partition coefficient (Wildman–Crippen LogP) is 1.19. The lowest BCUT2D eigenvalue weighted by Gasteiger charge is -2.27. The lowest BCUT2D eigenvalue weighted by Crippen LogP contribution is -2.48. The molecule has 5 heteroatoms. The summed E-state index contributed by atoms with van der Waals surface area (Å²) in [4.78, 5) is 6.96. The zero-order chi connectivity index (χ0) is 11.4. The molecule has 1 aliphatic heterocycles. The van der Waals surface area contributed by atoms with Gasteiger partial charge in [0, 0.05) is 18.8 Å². The summed E-state index contributed by atoms with van der Waals surface area (Å²) in [5, 5.41) is 0. The first-order chi connectivity index (χ1) is 7.81. The first kappa shape index (κ1) is 12.0. The third kappa shape index (κ3) is 2.83. The summed E-state index contributed by atoms with van der Waals surface area (Å²) in [6.07, 6.45) is 6.31. The quantitative estimate of drug-likeness (QED) is 0.330. The van der Waals surface area contributed by atoms with Crippen LogP contribution in [0.4, 0.5) is 0 Å². The van der Waals surface area contributed by atoms with Gasteiger partial charge in [-0.2, -0.15) is 11.8 Å². The van der Waals surface area contributed by atoms with E-state index in [1.807, 2.05) is 11.8 Å². The van der Waals surface area contributed by atoms with Crippen LogP contribution in [0.15, 0.2) is 4.99 Å². The van der Waals surface area contributed by atoms with Crippen LogP contribution >= 0.6 is 11.8 Å². The van der Waals surface area contributed by atoms with Crippen molar-refractivity contribution in [3.05, 3.63) is 0 Å². The van der Waals surface area contributed by atoms with Gasteiger partial charge in [0.1, 0.15) is 0 Å². The largest absolute Gasteiger partial charge is 0.341 e. The Morgan fingerprint density at radius 2 is 2.12 bits per heavy atom. The van der Waals surface area contributed by atoms with Gasteiger partial charge in [0.15, 0.2) is 0 Å². The van der Waals surface area contributed by atoms with Crippen LogP contribution in [-0.2, 0) is 0 Å². The molecule has 1 saturated heterocycles. The molecule has 0 aromatic heterocycles. The molecule has 0 radical (unpaired) electrons. The number of nitrogens with zero attached hydrogens (tertiary/aromatic N) is 2. The van der Waals surface area contributed by atoms with Crippen molar-refractivity contribution in [2.75, 3.05) is 18.6 Å². The number of rotatable bonds is 2. The topological polar surface area (TPSA) is 53.6 Å². The van der Waals surface area contributed by atoms with E-state index in [9.17, 15) is 0 Å². The molecule has 1 saturated carbocycles. The number of hydrazine groups is 1. The molecular weight excluding hydrogens is 220 g/mol. The third-order valence-corrected chi connectivity index (χ3v) is 4.69. The number of guanidine groups is 1. The van der Waals surface area contributed by atoms with Gasteiger partial charge in [-0.25, -0.2) is 10.8 Å². The third-order valence-electron chi connectivity index (χ3n) is 3.55. The molecule has 4 nitrogen and oxygen atoms in total. The van der Waals surface area contributed by atoms with Crippen LogP contribution in [-0.4, -0.2) is 41.5 Å². The van der Waals surface area contributed by atoms with Crippen LogP contribution in [0.2, 0.25) is 0 Å². The highest BCUT2D eigenvalue weighted by molar-refractivity contribution is 7.99. The van der Waals surface area contributed by atoms with Crippen LogP contribution < -0.4 is 11.3 Å². The molecule has 2 rings (SSSR count). The Kier molecular flexibility index (Phi) is 4.35. The molecule has 0 spiro atoms. The minimum atomic E-state index is 0.488. The molecule has 1 aliphatic carbocycles. The van der Waals surface area contributed by atoms with Crippen molar-refractivity contribution < 1.29 is 0 Å². The van der Waals surface area contributed by atoms with Crippen LogP contribution in [0.25, 0.3) is 0 Å². The second-order valence-electron chi connectivity index (χ2n) is 4.66. The van der Waals surface area contributed by atoms with Crippen LogP contribution in [0.3, 0.4) is 0 Å². The first-order valence-electron chi connectivity index (χ1n) is 6.16. The number of thioether (sulfide) groups is 1. The molecule has 0 aromatic carbocycles. The number of hydrogen-bond donors (Lipinski definition) is 2. The summed E-state index contributed by atoms with van der Waals surface area (Å²) in [6, 6.07) is 1.09. The SMILES string of the molecule is CN(C(=NC1CCCC1)NN)C1CCSC1. The number of nitrogens with one attached hydrogen (secondary N) is 1. The van der Waals surface area contributed by atoms with Gasteiger partial charge in [0.2, 0.25) is 5.96 Å². The molecule has 2 fully saturated rings. The van der Waals surface area contributed by atoms with Gasteiger partial charge >= 0.3 is 0 Å². The lowest BCUT2D eigenvalue weighted by molar-refractivity contribution is 0.380. The molecule has 2 aliphatic rings. The summed E-state index contributed by atoms with van der Waals surface area (Å²) in [7, 11) is 2.10. The van der Waals surface area contributed by atoms with Crippen molar-refractivity contribution in [1.82, 2.24) is 10.3 Å². The van der Waals surface area contributed by atoms with Crippen molar-refractivity contribution in [3.63, 3.8) is 0 Å². The zero-order valence-electron chi connectivity index (χ0n) is 9.98. The highest BCUT2D eigenvalue weighted by Gasteiger charge is 2.23. The first-order valence-corrected chi connectivity index (χ1v) is 7.31. The smallest absolute Gasteiger partial charge is 0.208 e. The van der Waals surface area contributed by atoms with Crippen molar-refractivity contribution in [2.24, 2.45) is 10.8 Å². The highest BCUT2D eigenvalue weighted by Crippen LogP contribution is 2.23. The van der Waals surface area contributed by atoms with Gasteiger partial charge in [-0.3, -0.25) is 5.43 Å². The molecule has 3 N–H and O–H groups in total. The molecule has 1 atom stereocenters. The Balaban J connectivity index is 1.96. The fourth-order valence-electron chi connectivity index (χ4n) is 2.44. The minimum absolute atomic E-state index is 0.488. The molecule has 92 valence electrons. The van der Waals surface area contributed by atoms with E-state index in [1.54, 1.807) is 0 Å². The molecule has 1 unspecified atom stereocenters. The fraction of sp³-hybridized carbons (Fsp3) is 0.909. The molecule has 0 aromatic rings. The Morgan fingerprint density at radius 1 is 1.38 bits per heavy atom. The van der Waals surface area contributed by atoms with Gasteiger partial charge in [-0.15, -0.1) is 0 Å². The minimum Gasteiger partial charge on any atom is -0.341 e. The number of hydrogen-bond acceptors (Lipinski definition) is 3. The zero-order valence-corrected chi connectivity index (χ0v) is 10.8. The van der Waals surface area contributed by atoms with E-state index in [-0.39, 0.29) is 0 Å². The van der Waals surface area contributed by atoms with Gasteiger partial charge in [-0.05, 0) is 25.0 Å². The van der Waals surface area contributed by atoms with E-state index < -0.39 is 0 Å². The molecule has 0 amide bonds. The molecule has 0 bridgehead atoms. The van der Waals surface area contributed by atoms with E-state index in [1.165, 1.54) is 43.6 Å². The van der Waals surface area contributed by atoms with Crippen LogP contribution in [0.1, 0.15) is 32.1 Å². The summed E-state index contributed by atoms with van der Waals surface area (Å²) in [6.45, 7) is 0. The van der Waals surface area contributed by atoms with Gasteiger partial charge in [0.05, 0.1) is 6.04 Å². The van der Waals surface area contributed by atoms with Gasteiger partial charge in [-0.1, -0.05) is 12.8 Å². The normalized spacial score (nSPS) is 27.4. The Labute approximate surface area is 102 Å². The van der Waals surface area contributed by atoms with E-state index >= 15 is 0 Å². The van der Waals surface area contributed by atoms with Crippen molar-refractivity contribution in [3.8, 4) is 0 Å². The summed E-state index contributed by atoms with van der Waals surface area (Å²) >= 11 is 2.02. The Morgan fingerprint density at radius 3 is 2.69 bits per heavy atom. The lowest BCUT2D eigenvalue weighted by atomic mass is 10.2. The van der Waals surface area contributed by atoms with Crippen molar-refractivity contribution >= 4 is 17.7 Å². The second kappa shape index (κ2) is 5.77. The standard InChI is InChI=1S/C11H22N4S/c1-15(10-6-7-16-8-10)11(14-12)13-9-4-2-3-5-9/h9-10H,2-8,12H2,1H3,(H,13,14). The van der Waals surface area contributed by atoms with Gasteiger partial charge in [0.25, 0.3) is 0 Å². The molecule has 16 heavy (non-hydrogen) atoms. The van der Waals surface area contributed by atoms with E-state index in [4.69, 9.17) is 10.8 Å². The fourth-order valence-corrected chi connectivity index (χ4v) is 3.70. The molecule has 1 heterocycles. The van der Waals surface area contributed by atoms with Crippen molar-refractivity contribution in [2.45, 2.75) is 44.2 Å². The second-order valence-corrected chi connectivity index (χ2v) is 5.81. The number of aliphatic imine (C=N–C) groups is 1. The molecular formula is C11H22N4S. The summed E-state index contributed by atoms with van der Waals surface area (Å²) < 4.78 is 0. The van der Waals surface area contributed by atoms with E-state index in [2.05, 4.69) is 17.4 Å². The number of nitrogens with two attached hydrogens (primary N) is 1. The average molecular weight is 242 g/mol. The van der Waals surface area contributed by atoms with E-state index in [0.29, 0.717) is 12.1 Å². The Bertz CT molecular complexity index is 244. The van der Waals surface area contributed by atoms with E-state index in [0.717, 1.165) is 5.96 Å². The highest BCUT2D eigenvalue weighted by atomic mass is 32.2. The maximum Gasteiger partial charge on any atom is 0.208 e. The summed E-state index contributed by atoms with van der Waals surface area (Å²) in [5.74, 6) is 8.92. The van der Waals surface area contributed by atoms with Crippen LogP contribution in [0, 0.1) is 0 Å². The summed E-state index contributed by atoms with van der Waals surface area (Å²) in [5.41, 5.74) is 2.77. The van der Waals surface area contributed by atoms with Gasteiger partial charge < -0.3 is 4.90 Å².